The first kappa shape index (κ1) is 22.4. The van der Waals surface area contributed by atoms with Crippen LogP contribution in [0.25, 0.3) is 0 Å². The normalized spacial score (nSPS) is 10.4. The summed E-state index contributed by atoms with van der Waals surface area (Å²) in [4.78, 5) is 23.7. The summed E-state index contributed by atoms with van der Waals surface area (Å²) in [5.74, 6) is 1.17. The van der Waals surface area contributed by atoms with Crippen molar-refractivity contribution in [3.8, 4) is 17.2 Å². The first-order valence-corrected chi connectivity index (χ1v) is 9.79. The van der Waals surface area contributed by atoms with Crippen molar-refractivity contribution in [2.45, 2.75) is 0 Å². The van der Waals surface area contributed by atoms with Gasteiger partial charge in [0.05, 0.1) is 13.3 Å². The summed E-state index contributed by atoms with van der Waals surface area (Å²) in [5.41, 5.74) is 3.86. The van der Waals surface area contributed by atoms with Crippen LogP contribution in [0.3, 0.4) is 0 Å². The number of rotatable bonds is 10. The molecule has 0 saturated carbocycles. The lowest BCUT2D eigenvalue weighted by molar-refractivity contribution is -0.123. The third-order valence-electron chi connectivity index (χ3n) is 4.14. The highest BCUT2D eigenvalue weighted by Gasteiger charge is 2.04. The van der Waals surface area contributed by atoms with Crippen LogP contribution in [0.2, 0.25) is 0 Å². The molecule has 0 aliphatic heterocycles. The molecule has 8 heteroatoms. The van der Waals surface area contributed by atoms with Gasteiger partial charge in [-0.15, -0.1) is 0 Å². The number of benzene rings is 3. The summed E-state index contributed by atoms with van der Waals surface area (Å²) in [5, 5.41) is 6.65. The van der Waals surface area contributed by atoms with E-state index in [0.717, 1.165) is 5.56 Å². The Bertz CT molecular complexity index is 1040. The molecule has 3 rings (SSSR count). The maximum atomic E-state index is 11.9. The molecule has 8 nitrogen and oxygen atoms in total. The van der Waals surface area contributed by atoms with E-state index in [9.17, 15) is 9.59 Å². The highest BCUT2D eigenvalue weighted by atomic mass is 16.5. The molecule has 164 valence electrons. The maximum Gasteiger partial charge on any atom is 0.277 e. The molecule has 0 aromatic heterocycles. The molecule has 0 heterocycles. The van der Waals surface area contributed by atoms with Gasteiger partial charge in [-0.1, -0.05) is 18.2 Å². The molecule has 0 aliphatic carbocycles. The van der Waals surface area contributed by atoms with Gasteiger partial charge in [0.15, 0.2) is 13.2 Å². The second-order valence-electron chi connectivity index (χ2n) is 6.53. The smallest absolute Gasteiger partial charge is 0.277 e. The molecular formula is C24H23N3O5. The van der Waals surface area contributed by atoms with E-state index in [1.54, 1.807) is 67.8 Å². The van der Waals surface area contributed by atoms with Crippen LogP contribution in [-0.4, -0.2) is 38.4 Å². The van der Waals surface area contributed by atoms with Crippen LogP contribution in [0.5, 0.6) is 17.2 Å². The van der Waals surface area contributed by atoms with Gasteiger partial charge in [-0.25, -0.2) is 5.43 Å². The predicted octanol–water partition coefficient (Wildman–Crippen LogP) is 3.24. The Morgan fingerprint density at radius 1 is 0.781 bits per heavy atom. The van der Waals surface area contributed by atoms with E-state index in [1.807, 2.05) is 18.2 Å². The van der Waals surface area contributed by atoms with Crippen LogP contribution in [0.15, 0.2) is 84.0 Å². The second kappa shape index (κ2) is 11.8. The van der Waals surface area contributed by atoms with Crippen molar-refractivity contribution >= 4 is 23.7 Å². The Labute approximate surface area is 185 Å². The highest BCUT2D eigenvalue weighted by molar-refractivity contribution is 5.91. The van der Waals surface area contributed by atoms with Gasteiger partial charge in [0, 0.05) is 5.69 Å². The topological polar surface area (TPSA) is 98.2 Å². The summed E-state index contributed by atoms with van der Waals surface area (Å²) >= 11 is 0. The minimum absolute atomic E-state index is 0.105. The number of hydrogen-bond acceptors (Lipinski definition) is 6. The number of nitrogens with one attached hydrogen (secondary N) is 2. The van der Waals surface area contributed by atoms with Crippen molar-refractivity contribution in [3.05, 3.63) is 84.4 Å². The lowest BCUT2D eigenvalue weighted by Crippen LogP contribution is -2.24. The van der Waals surface area contributed by atoms with Crippen LogP contribution in [0, 0.1) is 0 Å². The van der Waals surface area contributed by atoms with E-state index in [2.05, 4.69) is 15.8 Å². The number of nitrogens with zero attached hydrogens (tertiary/aromatic N) is 1. The fourth-order valence-electron chi connectivity index (χ4n) is 2.55. The molecule has 2 amide bonds. The third-order valence-corrected chi connectivity index (χ3v) is 4.14. The summed E-state index contributed by atoms with van der Waals surface area (Å²) < 4.78 is 15.9. The Morgan fingerprint density at radius 2 is 1.34 bits per heavy atom. The fourth-order valence-corrected chi connectivity index (χ4v) is 2.55. The highest BCUT2D eigenvalue weighted by Crippen LogP contribution is 2.16. The van der Waals surface area contributed by atoms with E-state index in [0.29, 0.717) is 22.9 Å². The van der Waals surface area contributed by atoms with E-state index in [-0.39, 0.29) is 25.0 Å². The minimum atomic E-state index is -0.388. The number of anilines is 1. The van der Waals surface area contributed by atoms with E-state index in [4.69, 9.17) is 14.2 Å². The monoisotopic (exact) mass is 433 g/mol. The van der Waals surface area contributed by atoms with Gasteiger partial charge in [-0.3, -0.25) is 9.59 Å². The average Bonchev–Trinajstić information content (AvgIpc) is 2.83. The zero-order valence-corrected chi connectivity index (χ0v) is 17.5. The predicted molar refractivity (Wildman–Crippen MR) is 121 cm³/mol. The first-order chi connectivity index (χ1) is 15.6. The number of hydrazone groups is 1. The van der Waals surface area contributed by atoms with Crippen LogP contribution in [0.1, 0.15) is 5.56 Å². The fraction of sp³-hybridized carbons (Fsp3) is 0.125. The summed E-state index contributed by atoms with van der Waals surface area (Å²) in [6, 6.07) is 23.0. The van der Waals surface area contributed by atoms with Gasteiger partial charge in [0.25, 0.3) is 11.8 Å². The number of amides is 2. The van der Waals surface area contributed by atoms with Crippen molar-refractivity contribution in [1.29, 1.82) is 0 Å². The zero-order valence-electron chi connectivity index (χ0n) is 17.5. The largest absolute Gasteiger partial charge is 0.497 e. The number of methoxy groups -OCH3 is 1. The molecule has 0 fully saturated rings. The van der Waals surface area contributed by atoms with Crippen molar-refractivity contribution in [2.24, 2.45) is 5.10 Å². The van der Waals surface area contributed by atoms with Crippen LogP contribution in [-0.2, 0) is 9.59 Å². The molecule has 0 aliphatic rings. The van der Waals surface area contributed by atoms with Gasteiger partial charge >= 0.3 is 0 Å². The van der Waals surface area contributed by atoms with Gasteiger partial charge in [0.2, 0.25) is 0 Å². The van der Waals surface area contributed by atoms with Crippen LogP contribution >= 0.6 is 0 Å². The minimum Gasteiger partial charge on any atom is -0.497 e. The van der Waals surface area contributed by atoms with Crippen LogP contribution < -0.4 is 25.0 Å². The molecule has 3 aromatic rings. The van der Waals surface area contributed by atoms with Gasteiger partial charge < -0.3 is 19.5 Å². The molecule has 2 N–H and O–H groups in total. The Kier molecular flexibility index (Phi) is 8.21. The standard InChI is InChI=1S/C24H23N3O5/c1-30-20-11-13-22(14-12-20)32-17-24(29)27-25-15-18-7-9-21(10-8-18)31-16-23(28)26-19-5-3-2-4-6-19/h2-15H,16-17H2,1H3,(H,26,28)(H,27,29). The second-order valence-corrected chi connectivity index (χ2v) is 6.53. The van der Waals surface area contributed by atoms with Crippen LogP contribution in [0.4, 0.5) is 5.69 Å². The molecule has 3 aromatic carbocycles. The SMILES string of the molecule is COc1ccc(OCC(=O)NN=Cc2ccc(OCC(=O)Nc3ccccc3)cc2)cc1. The zero-order chi connectivity index (χ0) is 22.6. The molecule has 0 bridgehead atoms. The average molecular weight is 433 g/mol. The van der Waals surface area contributed by atoms with Crippen molar-refractivity contribution < 1.29 is 23.8 Å². The van der Waals surface area contributed by atoms with E-state index in [1.165, 1.54) is 6.21 Å². The molecule has 0 saturated heterocycles. The molecule has 0 atom stereocenters. The summed E-state index contributed by atoms with van der Waals surface area (Å²) in [6.45, 7) is -0.270. The van der Waals surface area contributed by atoms with Crippen molar-refractivity contribution in [1.82, 2.24) is 5.43 Å². The number of carbonyl (C=O) groups excluding carboxylic acids is 2. The Hall–Kier alpha value is -4.33. The number of para-hydroxylation sites is 1. The van der Waals surface area contributed by atoms with Gasteiger partial charge in [0.1, 0.15) is 17.2 Å². The lowest BCUT2D eigenvalue weighted by atomic mass is 10.2. The molecule has 32 heavy (non-hydrogen) atoms. The van der Waals surface area contributed by atoms with Crippen molar-refractivity contribution in [2.75, 3.05) is 25.6 Å². The molecular weight excluding hydrogens is 410 g/mol. The summed E-state index contributed by atoms with van der Waals surface area (Å²) in [7, 11) is 1.58. The van der Waals surface area contributed by atoms with Crippen molar-refractivity contribution in [3.63, 3.8) is 0 Å². The third kappa shape index (κ3) is 7.49. The molecule has 0 unspecified atom stereocenters. The maximum absolute atomic E-state index is 11.9. The molecule has 0 spiro atoms. The first-order valence-electron chi connectivity index (χ1n) is 9.79. The van der Waals surface area contributed by atoms with Gasteiger partial charge in [-0.05, 0) is 66.2 Å². The Morgan fingerprint density at radius 3 is 1.97 bits per heavy atom. The summed E-state index contributed by atoms with van der Waals surface area (Å²) in [6.07, 6.45) is 1.50. The Balaban J connectivity index is 1.37. The van der Waals surface area contributed by atoms with E-state index >= 15 is 0 Å². The van der Waals surface area contributed by atoms with E-state index < -0.39 is 0 Å². The molecule has 0 radical (unpaired) electrons. The lowest BCUT2D eigenvalue weighted by Gasteiger charge is -2.07. The number of carbonyl (C=O) groups is 2. The number of ether oxygens (including phenoxy) is 3. The van der Waals surface area contributed by atoms with Gasteiger partial charge in [-0.2, -0.15) is 5.10 Å². The number of hydrogen-bond donors (Lipinski definition) is 2. The quantitative estimate of drug-likeness (QED) is 0.378.